The third-order valence-electron chi connectivity index (χ3n) is 3.09. The fraction of sp³-hybridized carbons (Fsp3) is 0.0588. The summed E-state index contributed by atoms with van der Waals surface area (Å²) < 4.78 is 6.15. The summed E-state index contributed by atoms with van der Waals surface area (Å²) in [7, 11) is 0. The van der Waals surface area contributed by atoms with Crippen LogP contribution in [0.15, 0.2) is 63.7 Å². The van der Waals surface area contributed by atoms with E-state index in [-0.39, 0.29) is 0 Å². The van der Waals surface area contributed by atoms with Crippen molar-refractivity contribution in [1.82, 2.24) is 0 Å². The monoisotopic (exact) mass is 375 g/mol. The summed E-state index contributed by atoms with van der Waals surface area (Å²) in [6.07, 6.45) is 2.17. The molecule has 1 heterocycles. The number of esters is 1. The molecule has 0 amide bonds. The number of benzene rings is 2. The number of cyclic esters (lactones) is 1. The van der Waals surface area contributed by atoms with Crippen molar-refractivity contribution in [2.45, 2.75) is 6.42 Å². The smallest absolute Gasteiger partial charge is 0.363 e. The molecule has 2 aromatic carbocycles. The van der Waals surface area contributed by atoms with E-state index in [4.69, 9.17) is 16.3 Å². The lowest BCUT2D eigenvalue weighted by molar-refractivity contribution is -0.130. The van der Waals surface area contributed by atoms with Gasteiger partial charge in [0.15, 0.2) is 5.70 Å². The van der Waals surface area contributed by atoms with Crippen LogP contribution in [0.1, 0.15) is 11.1 Å². The Bertz CT molecular complexity index is 782. The molecule has 0 unspecified atom stereocenters. The minimum Gasteiger partial charge on any atom is -0.406 e. The number of ether oxygens (including phenoxy) is 1. The topological polar surface area (TPSA) is 38.7 Å². The average molecular weight is 377 g/mol. The minimum atomic E-state index is -0.427. The summed E-state index contributed by atoms with van der Waals surface area (Å²) in [5.74, 6) is -0.0301. The molecule has 3 nitrogen and oxygen atoms in total. The van der Waals surface area contributed by atoms with Crippen LogP contribution in [0.4, 0.5) is 0 Å². The Labute approximate surface area is 141 Å². The quantitative estimate of drug-likeness (QED) is 0.578. The molecule has 2 aromatic rings. The molecule has 0 N–H and O–H groups in total. The van der Waals surface area contributed by atoms with Gasteiger partial charge in [0.1, 0.15) is 0 Å². The maximum absolute atomic E-state index is 11.9. The van der Waals surface area contributed by atoms with Gasteiger partial charge in [0.25, 0.3) is 0 Å². The van der Waals surface area contributed by atoms with Crippen molar-refractivity contribution >= 4 is 45.5 Å². The maximum Gasteiger partial charge on any atom is 0.363 e. The Balaban J connectivity index is 1.80. The predicted molar refractivity (Wildman–Crippen MR) is 90.8 cm³/mol. The number of nitrogens with zero attached hydrogens (tertiary/aromatic N) is 1. The van der Waals surface area contributed by atoms with Gasteiger partial charge in [-0.1, -0.05) is 51.8 Å². The van der Waals surface area contributed by atoms with Crippen molar-refractivity contribution in [2.24, 2.45) is 4.99 Å². The normalized spacial score (nSPS) is 15.8. The molecule has 0 aliphatic carbocycles. The summed E-state index contributed by atoms with van der Waals surface area (Å²) in [5.41, 5.74) is 2.18. The summed E-state index contributed by atoms with van der Waals surface area (Å²) >= 11 is 9.25. The van der Waals surface area contributed by atoms with E-state index in [9.17, 15) is 4.79 Å². The fourth-order valence-corrected chi connectivity index (χ4v) is 2.60. The molecule has 0 atom stereocenters. The van der Waals surface area contributed by atoms with E-state index in [0.717, 1.165) is 15.6 Å². The predicted octanol–water partition coefficient (Wildman–Crippen LogP) is 4.64. The second-order valence-corrected chi connectivity index (χ2v) is 6.13. The first kappa shape index (κ1) is 15.0. The first-order chi connectivity index (χ1) is 10.6. The van der Waals surface area contributed by atoms with E-state index in [1.165, 1.54) is 0 Å². The van der Waals surface area contributed by atoms with Gasteiger partial charge in [-0.2, -0.15) is 0 Å². The zero-order valence-electron chi connectivity index (χ0n) is 11.4. The van der Waals surface area contributed by atoms with Gasteiger partial charge < -0.3 is 4.74 Å². The molecule has 110 valence electrons. The highest BCUT2D eigenvalue weighted by molar-refractivity contribution is 9.10. The molecule has 1 aliphatic heterocycles. The zero-order valence-corrected chi connectivity index (χ0v) is 13.8. The Morgan fingerprint density at radius 1 is 1.18 bits per heavy atom. The molecule has 1 aliphatic rings. The van der Waals surface area contributed by atoms with Crippen molar-refractivity contribution in [2.75, 3.05) is 0 Å². The number of hydrogen-bond donors (Lipinski definition) is 0. The van der Waals surface area contributed by atoms with Crippen LogP contribution < -0.4 is 0 Å². The number of carbonyl (C=O) groups is 1. The molecule has 0 saturated carbocycles. The molecule has 0 radical (unpaired) electrons. The molecule has 22 heavy (non-hydrogen) atoms. The molecule has 5 heteroatoms. The summed E-state index contributed by atoms with van der Waals surface area (Å²) in [6.45, 7) is 0. The first-order valence-electron chi connectivity index (χ1n) is 6.61. The summed E-state index contributed by atoms with van der Waals surface area (Å²) in [6, 6.07) is 15.0. The van der Waals surface area contributed by atoms with E-state index in [2.05, 4.69) is 20.9 Å². The van der Waals surface area contributed by atoms with Gasteiger partial charge >= 0.3 is 5.97 Å². The van der Waals surface area contributed by atoms with E-state index in [0.29, 0.717) is 23.0 Å². The largest absolute Gasteiger partial charge is 0.406 e. The van der Waals surface area contributed by atoms with E-state index >= 15 is 0 Å². The molecule has 3 rings (SSSR count). The first-order valence-corrected chi connectivity index (χ1v) is 7.79. The standard InChI is InChI=1S/C17H11BrClNO2/c18-13-3-1-2-12(8-13)9-15-17(21)22-16(20-15)10-11-4-6-14(19)7-5-11/h1-9H,10H2/b15-9+. The van der Waals surface area contributed by atoms with E-state index in [1.54, 1.807) is 18.2 Å². The highest BCUT2D eigenvalue weighted by atomic mass is 79.9. The van der Waals surface area contributed by atoms with Crippen LogP contribution in [-0.4, -0.2) is 11.9 Å². The van der Waals surface area contributed by atoms with Gasteiger partial charge in [0, 0.05) is 15.9 Å². The van der Waals surface area contributed by atoms with Gasteiger partial charge in [-0.3, -0.25) is 0 Å². The van der Waals surface area contributed by atoms with Gasteiger partial charge in [-0.25, -0.2) is 9.79 Å². The second kappa shape index (κ2) is 6.46. The lowest BCUT2D eigenvalue weighted by Crippen LogP contribution is -2.06. The molecule has 0 spiro atoms. The van der Waals surface area contributed by atoms with Crippen LogP contribution in [0.5, 0.6) is 0 Å². The molecule has 0 saturated heterocycles. The van der Waals surface area contributed by atoms with Crippen LogP contribution in [0.2, 0.25) is 5.02 Å². The zero-order chi connectivity index (χ0) is 15.5. The van der Waals surface area contributed by atoms with Crippen LogP contribution in [-0.2, 0) is 16.0 Å². The highest BCUT2D eigenvalue weighted by Crippen LogP contribution is 2.20. The molecular weight excluding hydrogens is 366 g/mol. The van der Waals surface area contributed by atoms with Crippen molar-refractivity contribution in [3.8, 4) is 0 Å². The Kier molecular flexibility index (Phi) is 4.41. The van der Waals surface area contributed by atoms with Gasteiger partial charge in [-0.15, -0.1) is 0 Å². The number of hydrogen-bond acceptors (Lipinski definition) is 3. The highest BCUT2D eigenvalue weighted by Gasteiger charge is 2.22. The Morgan fingerprint density at radius 2 is 1.95 bits per heavy atom. The number of aliphatic imine (C=N–C) groups is 1. The average Bonchev–Trinajstić information content (AvgIpc) is 2.81. The SMILES string of the molecule is O=C1OC(Cc2ccc(Cl)cc2)=N/C1=C/c1cccc(Br)c1. The van der Waals surface area contributed by atoms with Crippen LogP contribution >= 0.6 is 27.5 Å². The van der Waals surface area contributed by atoms with Gasteiger partial charge in [-0.05, 0) is 41.5 Å². The van der Waals surface area contributed by atoms with Crippen LogP contribution in [0, 0.1) is 0 Å². The molecule has 0 fully saturated rings. The summed E-state index contributed by atoms with van der Waals surface area (Å²) in [5, 5.41) is 0.671. The van der Waals surface area contributed by atoms with Gasteiger partial charge in [0.2, 0.25) is 5.90 Å². The van der Waals surface area contributed by atoms with Crippen molar-refractivity contribution in [3.05, 3.63) is 74.9 Å². The number of halogens is 2. The Hall–Kier alpha value is -1.91. The summed E-state index contributed by atoms with van der Waals surface area (Å²) in [4.78, 5) is 16.1. The van der Waals surface area contributed by atoms with E-state index in [1.807, 2.05) is 36.4 Å². The third kappa shape index (κ3) is 3.64. The van der Waals surface area contributed by atoms with Crippen LogP contribution in [0.3, 0.4) is 0 Å². The lowest BCUT2D eigenvalue weighted by atomic mass is 10.1. The Morgan fingerprint density at radius 3 is 2.68 bits per heavy atom. The molecule has 0 aromatic heterocycles. The van der Waals surface area contributed by atoms with Crippen molar-refractivity contribution in [1.29, 1.82) is 0 Å². The molecule has 0 bridgehead atoms. The van der Waals surface area contributed by atoms with Gasteiger partial charge in [0.05, 0.1) is 0 Å². The fourth-order valence-electron chi connectivity index (χ4n) is 2.06. The third-order valence-corrected chi connectivity index (χ3v) is 3.83. The van der Waals surface area contributed by atoms with Crippen molar-refractivity contribution in [3.63, 3.8) is 0 Å². The van der Waals surface area contributed by atoms with E-state index < -0.39 is 5.97 Å². The lowest BCUT2D eigenvalue weighted by Gasteiger charge is -1.99. The molecular formula is C17H11BrClNO2. The minimum absolute atomic E-state index is 0.307. The number of rotatable bonds is 3. The maximum atomic E-state index is 11.9. The van der Waals surface area contributed by atoms with Crippen LogP contribution in [0.25, 0.3) is 6.08 Å². The second-order valence-electron chi connectivity index (χ2n) is 4.78. The number of carbonyl (C=O) groups excluding carboxylic acids is 1. The van der Waals surface area contributed by atoms with Crippen molar-refractivity contribution < 1.29 is 9.53 Å².